The molecule has 0 spiro atoms. The summed E-state index contributed by atoms with van der Waals surface area (Å²) in [6.45, 7) is 7.02. The predicted octanol–water partition coefficient (Wildman–Crippen LogP) is 4.77. The fourth-order valence-electron chi connectivity index (χ4n) is 6.06. The number of amides is 2. The van der Waals surface area contributed by atoms with E-state index in [0.717, 1.165) is 0 Å². The second-order valence-electron chi connectivity index (χ2n) is 12.9. The topological polar surface area (TPSA) is 129 Å². The Morgan fingerprint density at radius 3 is 2.53 bits per heavy atom. The highest BCUT2D eigenvalue weighted by Crippen LogP contribution is 2.42. The van der Waals surface area contributed by atoms with Gasteiger partial charge in [-0.3, -0.25) is 4.79 Å². The Hall–Kier alpha value is -4.03. The fourth-order valence-corrected chi connectivity index (χ4v) is 6.06. The van der Waals surface area contributed by atoms with Crippen LogP contribution in [-0.2, 0) is 25.0 Å². The van der Waals surface area contributed by atoms with E-state index in [9.17, 15) is 14.4 Å². The maximum Gasteiger partial charge on any atom is 0.408 e. The zero-order valence-electron chi connectivity index (χ0n) is 26.3. The molecule has 1 saturated heterocycles. The Bertz CT molecular complexity index is 1490. The summed E-state index contributed by atoms with van der Waals surface area (Å²) in [5.74, 6) is -5.30. The van der Waals surface area contributed by atoms with Gasteiger partial charge in [0.25, 0.3) is 5.92 Å². The smallest absolute Gasteiger partial charge is 0.408 e. The van der Waals surface area contributed by atoms with E-state index in [1.807, 2.05) is 0 Å². The van der Waals surface area contributed by atoms with Crippen LogP contribution in [0.1, 0.15) is 59.1 Å². The molecule has 6 atom stereocenters. The fraction of sp³-hybridized carbons (Fsp3) is 0.594. The van der Waals surface area contributed by atoms with E-state index in [4.69, 9.17) is 18.9 Å². The van der Waals surface area contributed by atoms with Crippen LogP contribution in [0.15, 0.2) is 30.4 Å². The maximum absolute atomic E-state index is 15.9. The second-order valence-corrected chi connectivity index (χ2v) is 12.9. The van der Waals surface area contributed by atoms with E-state index in [2.05, 4.69) is 15.3 Å². The molecule has 13 heteroatoms. The Labute approximate surface area is 260 Å². The highest BCUT2D eigenvalue weighted by Gasteiger charge is 2.52. The van der Waals surface area contributed by atoms with Crippen LogP contribution in [0.25, 0.3) is 11.0 Å². The summed E-state index contributed by atoms with van der Waals surface area (Å²) in [4.78, 5) is 50.4. The van der Waals surface area contributed by atoms with Crippen molar-refractivity contribution in [1.29, 1.82) is 0 Å². The van der Waals surface area contributed by atoms with Crippen LogP contribution in [0.2, 0.25) is 0 Å². The Morgan fingerprint density at radius 1 is 1.11 bits per heavy atom. The van der Waals surface area contributed by atoms with Crippen molar-refractivity contribution in [2.75, 3.05) is 20.8 Å². The minimum atomic E-state index is -3.47. The number of hydrogen-bond acceptors (Lipinski definition) is 9. The number of fused-ring (bicyclic) bond motifs is 5. The van der Waals surface area contributed by atoms with E-state index in [0.29, 0.717) is 25.0 Å². The third-order valence-electron chi connectivity index (χ3n) is 8.71. The third-order valence-corrected chi connectivity index (χ3v) is 8.71. The van der Waals surface area contributed by atoms with Gasteiger partial charge in [0.05, 0.1) is 31.8 Å². The second kappa shape index (κ2) is 12.4. The van der Waals surface area contributed by atoms with Crippen LogP contribution in [0.3, 0.4) is 0 Å². The molecule has 2 bridgehead atoms. The number of carbonyl (C=O) groups excluding carboxylic acids is 3. The molecule has 0 radical (unpaired) electrons. The number of ether oxygens (including phenoxy) is 4. The normalized spacial score (nSPS) is 28.5. The lowest BCUT2D eigenvalue weighted by molar-refractivity contribution is -0.154. The molecule has 1 aromatic carbocycles. The van der Waals surface area contributed by atoms with Crippen LogP contribution < -0.4 is 14.8 Å². The molecular formula is C32H40F2N4O7. The predicted molar refractivity (Wildman–Crippen MR) is 159 cm³/mol. The number of alkyl halides is 2. The SMILES string of the molecule is CC[C@@H]1[C@@H]2CN(C(=O)[C@H](C(C)(C)C)NC(=O)O[C@@H]3C[C@H]3CC=CCC(F)(F)c3nc4ccc(OC)cc4nc3O2)[C@@H]1C(=O)OC. The average molecular weight is 631 g/mol. The van der Waals surface area contributed by atoms with Crippen LogP contribution in [0.5, 0.6) is 11.6 Å². The van der Waals surface area contributed by atoms with Crippen molar-refractivity contribution in [2.24, 2.45) is 17.3 Å². The molecule has 0 unspecified atom stereocenters. The molecule has 1 N–H and O–H groups in total. The van der Waals surface area contributed by atoms with Gasteiger partial charge in [-0.25, -0.2) is 19.6 Å². The highest BCUT2D eigenvalue weighted by atomic mass is 19.3. The summed E-state index contributed by atoms with van der Waals surface area (Å²) in [5.41, 5.74) is -0.913. The number of halogens is 2. The van der Waals surface area contributed by atoms with E-state index in [1.165, 1.54) is 25.2 Å². The van der Waals surface area contributed by atoms with Crippen molar-refractivity contribution >= 4 is 29.0 Å². The number of aromatic nitrogens is 2. The van der Waals surface area contributed by atoms with Crippen LogP contribution in [0, 0.1) is 17.3 Å². The summed E-state index contributed by atoms with van der Waals surface area (Å²) >= 11 is 0. The lowest BCUT2D eigenvalue weighted by Gasteiger charge is -2.35. The molecule has 3 heterocycles. The summed E-state index contributed by atoms with van der Waals surface area (Å²) in [5, 5.41) is 2.72. The number of benzene rings is 1. The number of carbonyl (C=O) groups is 3. The number of esters is 1. The van der Waals surface area contributed by atoms with Crippen molar-refractivity contribution in [3.8, 4) is 11.6 Å². The molecule has 1 saturated carbocycles. The number of allylic oxidation sites excluding steroid dienone is 2. The summed E-state index contributed by atoms with van der Waals surface area (Å²) in [7, 11) is 2.69. The number of methoxy groups -OCH3 is 2. The molecule has 45 heavy (non-hydrogen) atoms. The maximum atomic E-state index is 15.9. The number of alkyl carbamates (subject to hydrolysis) is 1. The monoisotopic (exact) mass is 630 g/mol. The molecule has 2 aromatic rings. The number of nitrogens with one attached hydrogen (secondary N) is 1. The molecule has 1 aromatic heterocycles. The van der Waals surface area contributed by atoms with Crippen molar-refractivity contribution in [1.82, 2.24) is 20.2 Å². The van der Waals surface area contributed by atoms with Gasteiger partial charge in [-0.2, -0.15) is 8.78 Å². The lowest BCUT2D eigenvalue weighted by atomic mass is 9.85. The van der Waals surface area contributed by atoms with E-state index < -0.39 is 77.5 Å². The van der Waals surface area contributed by atoms with Crippen LogP contribution in [0.4, 0.5) is 13.6 Å². The summed E-state index contributed by atoms with van der Waals surface area (Å²) < 4.78 is 54.0. The quantitative estimate of drug-likeness (QED) is 0.377. The van der Waals surface area contributed by atoms with Crippen molar-refractivity contribution in [3.05, 3.63) is 36.0 Å². The summed E-state index contributed by atoms with van der Waals surface area (Å²) in [6, 6.07) is 2.55. The lowest BCUT2D eigenvalue weighted by Crippen LogP contribution is -2.57. The Balaban J connectivity index is 1.62. The zero-order valence-corrected chi connectivity index (χ0v) is 26.3. The van der Waals surface area contributed by atoms with Crippen molar-refractivity contribution < 1.29 is 42.1 Å². The molecule has 11 nitrogen and oxygen atoms in total. The molecular weight excluding hydrogens is 590 g/mol. The highest BCUT2D eigenvalue weighted by molar-refractivity contribution is 5.91. The first-order valence-electron chi connectivity index (χ1n) is 15.2. The zero-order chi connectivity index (χ0) is 32.7. The average Bonchev–Trinajstić information content (AvgIpc) is 3.62. The van der Waals surface area contributed by atoms with Gasteiger partial charge in [0, 0.05) is 24.3 Å². The number of nitrogens with zero attached hydrogens (tertiary/aromatic N) is 3. The van der Waals surface area contributed by atoms with E-state index in [1.54, 1.807) is 52.0 Å². The van der Waals surface area contributed by atoms with Gasteiger partial charge in [0.15, 0.2) is 5.69 Å². The standard InChI is InChI=1S/C32H40F2N4O7/c1-7-19-23-16-38(24(19)29(40)43-6)28(39)26(31(2,3)4)37-30(41)45-22-14-17(22)10-8-9-13-32(33,34)25-27(44-23)36-21-15-18(42-5)11-12-20(21)35-25/h8-9,11-12,15,17,19,22-24,26H,7,10,13-14,16H2,1-6H3,(H,37,41)/t17-,19-,22-,23+,24+,26-/m1/s1. The number of hydrogen-bond donors (Lipinski definition) is 1. The molecule has 2 fully saturated rings. The molecule has 2 aliphatic heterocycles. The Morgan fingerprint density at radius 2 is 1.87 bits per heavy atom. The Kier molecular flexibility index (Phi) is 8.92. The van der Waals surface area contributed by atoms with Gasteiger partial charge < -0.3 is 29.2 Å². The molecule has 2 amide bonds. The van der Waals surface area contributed by atoms with Crippen LogP contribution in [-0.4, -0.2) is 77.9 Å². The van der Waals surface area contributed by atoms with Gasteiger partial charge in [-0.05, 0) is 36.8 Å². The number of rotatable bonds is 3. The first-order chi connectivity index (χ1) is 21.3. The van der Waals surface area contributed by atoms with Crippen molar-refractivity contribution in [2.45, 2.75) is 83.6 Å². The third kappa shape index (κ3) is 6.67. The minimum absolute atomic E-state index is 0.0222. The molecule has 1 aliphatic carbocycles. The van der Waals surface area contributed by atoms with Gasteiger partial charge in [0.1, 0.15) is 30.0 Å². The van der Waals surface area contributed by atoms with Gasteiger partial charge in [0.2, 0.25) is 11.8 Å². The first-order valence-corrected chi connectivity index (χ1v) is 15.2. The first kappa shape index (κ1) is 32.4. The minimum Gasteiger partial charge on any atom is -0.497 e. The van der Waals surface area contributed by atoms with Gasteiger partial charge >= 0.3 is 12.1 Å². The molecule has 5 rings (SSSR count). The van der Waals surface area contributed by atoms with Crippen LogP contribution >= 0.6 is 0 Å². The molecule has 3 aliphatic rings. The summed E-state index contributed by atoms with van der Waals surface area (Å²) in [6.07, 6.45) is 1.66. The van der Waals surface area contributed by atoms with Gasteiger partial charge in [-0.1, -0.05) is 39.8 Å². The van der Waals surface area contributed by atoms with Gasteiger partial charge in [-0.15, -0.1) is 0 Å². The van der Waals surface area contributed by atoms with E-state index >= 15 is 8.78 Å². The largest absolute Gasteiger partial charge is 0.497 e. The van der Waals surface area contributed by atoms with Crippen molar-refractivity contribution in [3.63, 3.8) is 0 Å². The molecule has 244 valence electrons. The van der Waals surface area contributed by atoms with E-state index in [-0.39, 0.29) is 23.5 Å².